The highest BCUT2D eigenvalue weighted by Crippen LogP contribution is 2.23. The summed E-state index contributed by atoms with van der Waals surface area (Å²) in [5.74, 6) is -0.615. The maximum atomic E-state index is 11.9. The number of nitrogens with one attached hydrogen (secondary N) is 2. The number of benzene rings is 2. The number of imide groups is 1. The van der Waals surface area contributed by atoms with Gasteiger partial charge in [-0.1, -0.05) is 37.5 Å². The number of aryl methyl sites for hydroxylation is 1. The number of phenols is 1. The molecule has 2 aromatic rings. The topological polar surface area (TPSA) is 137 Å². The van der Waals surface area contributed by atoms with E-state index in [1.54, 1.807) is 18.2 Å². The van der Waals surface area contributed by atoms with Crippen molar-refractivity contribution in [3.8, 4) is 5.75 Å². The first-order chi connectivity index (χ1) is 19.8. The normalized spacial score (nSPS) is 13.9. The zero-order valence-corrected chi connectivity index (χ0v) is 23.9. The van der Waals surface area contributed by atoms with Crippen molar-refractivity contribution in [2.75, 3.05) is 37.7 Å². The third-order valence-electron chi connectivity index (χ3n) is 6.92. The van der Waals surface area contributed by atoms with Crippen molar-refractivity contribution in [2.45, 2.75) is 71.0 Å². The average molecular weight is 570 g/mol. The number of carbonyl (C=O) groups excluding carboxylic acids is 3. The molecule has 0 aromatic heterocycles. The predicted molar refractivity (Wildman–Crippen MR) is 156 cm³/mol. The Morgan fingerprint density at radius 2 is 1.78 bits per heavy atom. The van der Waals surface area contributed by atoms with E-state index in [0.29, 0.717) is 23.4 Å². The van der Waals surface area contributed by atoms with Crippen LogP contribution < -0.4 is 15.5 Å². The minimum atomic E-state index is -0.714. The third kappa shape index (κ3) is 11.1. The first kappa shape index (κ1) is 32.0. The molecular formula is C31H43N3O7. The van der Waals surface area contributed by atoms with Crippen molar-refractivity contribution in [1.29, 1.82) is 0 Å². The van der Waals surface area contributed by atoms with Gasteiger partial charge in [0, 0.05) is 32.2 Å². The minimum Gasteiger partial charge on any atom is -0.508 e. The van der Waals surface area contributed by atoms with Crippen LogP contribution in [0.15, 0.2) is 42.5 Å². The highest BCUT2D eigenvalue weighted by atomic mass is 16.5. The molecule has 224 valence electrons. The number of phenolic OH excluding ortho intramolecular Hbond substituents is 1. The SMILES string of the molecule is CC(=O)OCc1cc([C@@H](O)CNCCCCCCOCCCCCc2cccc(N3C(=O)CNC3=O)c2)ccc1O. The lowest BCUT2D eigenvalue weighted by atomic mass is 10.1. The van der Waals surface area contributed by atoms with E-state index in [0.717, 1.165) is 76.7 Å². The smallest absolute Gasteiger partial charge is 0.329 e. The molecule has 0 aliphatic carbocycles. The second kappa shape index (κ2) is 17.4. The van der Waals surface area contributed by atoms with Crippen molar-refractivity contribution in [3.63, 3.8) is 0 Å². The predicted octanol–water partition coefficient (Wildman–Crippen LogP) is 4.12. The molecule has 1 aliphatic rings. The number of ether oxygens (including phenoxy) is 2. The number of nitrogens with zero attached hydrogens (tertiary/aromatic N) is 1. The molecule has 2 aromatic carbocycles. The van der Waals surface area contributed by atoms with Gasteiger partial charge in [0.1, 0.15) is 12.4 Å². The molecule has 0 spiro atoms. The Morgan fingerprint density at radius 1 is 1.02 bits per heavy atom. The summed E-state index contributed by atoms with van der Waals surface area (Å²) < 4.78 is 10.7. The largest absolute Gasteiger partial charge is 0.508 e. The molecule has 0 bridgehead atoms. The molecule has 3 amide bonds. The monoisotopic (exact) mass is 569 g/mol. The molecule has 10 heteroatoms. The summed E-state index contributed by atoms with van der Waals surface area (Å²) in [5, 5.41) is 26.1. The van der Waals surface area contributed by atoms with Crippen LogP contribution in [0.2, 0.25) is 0 Å². The molecule has 1 heterocycles. The van der Waals surface area contributed by atoms with Gasteiger partial charge in [-0.3, -0.25) is 9.59 Å². The second-order valence-electron chi connectivity index (χ2n) is 10.3. The summed E-state index contributed by atoms with van der Waals surface area (Å²) in [7, 11) is 0. The summed E-state index contributed by atoms with van der Waals surface area (Å²) in [6.45, 7) is 4.06. The highest BCUT2D eigenvalue weighted by Gasteiger charge is 2.29. The second-order valence-corrected chi connectivity index (χ2v) is 10.3. The highest BCUT2D eigenvalue weighted by molar-refractivity contribution is 6.19. The minimum absolute atomic E-state index is 0.0269. The van der Waals surface area contributed by atoms with Crippen molar-refractivity contribution >= 4 is 23.6 Å². The molecule has 1 fully saturated rings. The number of hydrogen-bond donors (Lipinski definition) is 4. The van der Waals surface area contributed by atoms with Gasteiger partial charge in [-0.15, -0.1) is 0 Å². The fraction of sp³-hybridized carbons (Fsp3) is 0.516. The summed E-state index contributed by atoms with van der Waals surface area (Å²) in [6.07, 6.45) is 7.49. The standard InChI is InChI=1S/C31H43N3O7/c1-23(35)41-22-26-19-25(13-14-28(26)36)29(37)20-32-15-6-2-3-7-16-40-17-8-4-5-10-24-11-9-12-27(18-24)34-30(38)21-33-31(34)39/h9,11-14,18-19,29,32,36-37H,2-8,10,15-17,20-22H2,1H3,(H,33,39)/t29-/m0/s1. The fourth-order valence-corrected chi connectivity index (χ4v) is 4.62. The number of carbonyl (C=O) groups is 3. The van der Waals surface area contributed by atoms with Gasteiger partial charge in [-0.05, 0) is 74.0 Å². The molecule has 10 nitrogen and oxygen atoms in total. The van der Waals surface area contributed by atoms with E-state index in [9.17, 15) is 24.6 Å². The first-order valence-electron chi connectivity index (χ1n) is 14.5. The number of esters is 1. The Kier molecular flexibility index (Phi) is 13.6. The van der Waals surface area contributed by atoms with Gasteiger partial charge in [-0.25, -0.2) is 9.69 Å². The summed E-state index contributed by atoms with van der Waals surface area (Å²) in [5.41, 5.74) is 2.87. The van der Waals surface area contributed by atoms with Gasteiger partial charge in [0.2, 0.25) is 0 Å². The van der Waals surface area contributed by atoms with Crippen molar-refractivity contribution in [1.82, 2.24) is 10.6 Å². The molecule has 4 N–H and O–H groups in total. The van der Waals surface area contributed by atoms with Gasteiger partial charge in [-0.2, -0.15) is 0 Å². The van der Waals surface area contributed by atoms with Crippen LogP contribution in [0.4, 0.5) is 10.5 Å². The van der Waals surface area contributed by atoms with Gasteiger partial charge < -0.3 is 30.3 Å². The van der Waals surface area contributed by atoms with E-state index in [4.69, 9.17) is 9.47 Å². The van der Waals surface area contributed by atoms with E-state index in [1.165, 1.54) is 17.9 Å². The number of unbranched alkanes of at least 4 members (excludes halogenated alkanes) is 5. The summed E-state index contributed by atoms with van der Waals surface area (Å²) in [6, 6.07) is 12.1. The van der Waals surface area contributed by atoms with Crippen molar-refractivity contribution in [2.24, 2.45) is 0 Å². The first-order valence-corrected chi connectivity index (χ1v) is 14.5. The lowest BCUT2D eigenvalue weighted by Gasteiger charge is -2.14. The lowest BCUT2D eigenvalue weighted by Crippen LogP contribution is -2.30. The lowest BCUT2D eigenvalue weighted by molar-refractivity contribution is -0.142. The Morgan fingerprint density at radius 3 is 2.51 bits per heavy atom. The molecule has 0 unspecified atom stereocenters. The van der Waals surface area contributed by atoms with Crippen LogP contribution in [0.3, 0.4) is 0 Å². The van der Waals surface area contributed by atoms with Crippen LogP contribution in [0.5, 0.6) is 5.75 Å². The van der Waals surface area contributed by atoms with Crippen LogP contribution in [-0.2, 0) is 32.1 Å². The van der Waals surface area contributed by atoms with Crippen molar-refractivity contribution in [3.05, 3.63) is 59.2 Å². The summed E-state index contributed by atoms with van der Waals surface area (Å²) >= 11 is 0. The van der Waals surface area contributed by atoms with Crippen LogP contribution in [0.1, 0.15) is 74.7 Å². The van der Waals surface area contributed by atoms with Crippen LogP contribution in [-0.4, -0.2) is 61.0 Å². The zero-order valence-electron chi connectivity index (χ0n) is 23.9. The Hall–Kier alpha value is -3.47. The molecule has 0 radical (unpaired) electrons. The number of rotatable bonds is 19. The molecule has 1 atom stereocenters. The molecule has 3 rings (SSSR count). The number of anilines is 1. The van der Waals surface area contributed by atoms with E-state index in [1.807, 2.05) is 18.2 Å². The van der Waals surface area contributed by atoms with Gasteiger partial charge in [0.25, 0.3) is 5.91 Å². The van der Waals surface area contributed by atoms with Gasteiger partial charge in [0.05, 0.1) is 18.3 Å². The number of amides is 3. The fourth-order valence-electron chi connectivity index (χ4n) is 4.62. The van der Waals surface area contributed by atoms with Gasteiger partial charge >= 0.3 is 12.0 Å². The van der Waals surface area contributed by atoms with E-state index in [2.05, 4.69) is 10.6 Å². The molecule has 0 saturated carbocycles. The van der Waals surface area contributed by atoms with Gasteiger partial charge in [0.15, 0.2) is 0 Å². The average Bonchev–Trinajstić information content (AvgIpc) is 3.30. The van der Waals surface area contributed by atoms with E-state index in [-0.39, 0.29) is 30.8 Å². The number of aliphatic hydroxyl groups excluding tert-OH is 1. The number of urea groups is 1. The maximum absolute atomic E-state index is 11.9. The molecule has 41 heavy (non-hydrogen) atoms. The van der Waals surface area contributed by atoms with E-state index < -0.39 is 12.1 Å². The molecule has 1 aliphatic heterocycles. The van der Waals surface area contributed by atoms with E-state index >= 15 is 0 Å². The van der Waals surface area contributed by atoms with Crippen LogP contribution in [0, 0.1) is 0 Å². The number of aromatic hydroxyl groups is 1. The van der Waals surface area contributed by atoms with Crippen LogP contribution >= 0.6 is 0 Å². The molecular weight excluding hydrogens is 526 g/mol. The quantitative estimate of drug-likeness (QED) is 0.113. The zero-order chi connectivity index (χ0) is 29.5. The maximum Gasteiger partial charge on any atom is 0.329 e. The van der Waals surface area contributed by atoms with Crippen LogP contribution in [0.25, 0.3) is 0 Å². The number of hydrogen-bond acceptors (Lipinski definition) is 8. The number of aliphatic hydroxyl groups is 1. The summed E-state index contributed by atoms with van der Waals surface area (Å²) in [4.78, 5) is 35.9. The Balaban J connectivity index is 1.15. The molecule has 1 saturated heterocycles. The Labute approximate surface area is 242 Å². The van der Waals surface area contributed by atoms with Crippen molar-refractivity contribution < 1.29 is 34.1 Å². The third-order valence-corrected chi connectivity index (χ3v) is 6.92. The Bertz CT molecular complexity index is 1120.